The van der Waals surface area contributed by atoms with Crippen LogP contribution in [0.1, 0.15) is 28.7 Å². The number of aromatic hydroxyl groups is 1. The van der Waals surface area contributed by atoms with Crippen molar-refractivity contribution in [3.05, 3.63) is 76.9 Å². The van der Waals surface area contributed by atoms with Crippen LogP contribution < -0.4 is 4.90 Å². The van der Waals surface area contributed by atoms with Crippen LogP contribution in [0.5, 0.6) is 5.75 Å². The number of para-hydroxylation sites is 2. The third-order valence-electron chi connectivity index (χ3n) is 6.17. The zero-order valence-electron chi connectivity index (χ0n) is 18.7. The molecule has 0 saturated heterocycles. The fourth-order valence-corrected chi connectivity index (χ4v) is 5.72. The number of rotatable bonds is 6. The molecule has 0 radical (unpaired) electrons. The van der Waals surface area contributed by atoms with E-state index in [1.54, 1.807) is 0 Å². The van der Waals surface area contributed by atoms with Crippen LogP contribution in [0, 0.1) is 20.8 Å². The number of benzene rings is 3. The third-order valence-corrected chi connectivity index (χ3v) is 7.65. The standard InChI is InChI=1S/C26H30N2O2S/c1-18-13-14-24-25(20(18)3)28(22-11-5-6-12-23(22)31(24)30)16-8-15-27(4)17-21-10-7-9-19(2)26(21)29/h5-7,9-14,29H,8,15-17H2,1-4H3. The number of hydrogen-bond donors (Lipinski definition) is 1. The molecule has 31 heavy (non-hydrogen) atoms. The normalized spacial score (nSPS) is 15.1. The van der Waals surface area contributed by atoms with E-state index in [1.807, 2.05) is 49.4 Å². The van der Waals surface area contributed by atoms with Crippen molar-refractivity contribution in [2.75, 3.05) is 25.0 Å². The summed E-state index contributed by atoms with van der Waals surface area (Å²) in [6.45, 7) is 8.62. The van der Waals surface area contributed by atoms with Crippen LogP contribution in [0.2, 0.25) is 0 Å². The fraction of sp³-hybridized carbons (Fsp3) is 0.308. The van der Waals surface area contributed by atoms with Gasteiger partial charge in [0.15, 0.2) is 0 Å². The van der Waals surface area contributed by atoms with Gasteiger partial charge in [0, 0.05) is 18.7 Å². The highest BCUT2D eigenvalue weighted by Gasteiger charge is 2.29. The van der Waals surface area contributed by atoms with Crippen LogP contribution in [0.15, 0.2) is 64.4 Å². The summed E-state index contributed by atoms with van der Waals surface area (Å²) in [7, 11) is 0.933. The molecule has 3 aromatic carbocycles. The molecule has 1 aliphatic heterocycles. The molecule has 1 N–H and O–H groups in total. The second-order valence-electron chi connectivity index (χ2n) is 8.42. The van der Waals surface area contributed by atoms with E-state index in [0.717, 1.165) is 51.8 Å². The second kappa shape index (κ2) is 8.85. The molecular weight excluding hydrogens is 404 g/mol. The first-order valence-corrected chi connectivity index (χ1v) is 11.9. The summed E-state index contributed by atoms with van der Waals surface area (Å²) in [4.78, 5) is 6.37. The Labute approximate surface area is 187 Å². The number of fused-ring (bicyclic) bond motifs is 2. The summed E-state index contributed by atoms with van der Waals surface area (Å²) in [6, 6.07) is 18.0. The summed E-state index contributed by atoms with van der Waals surface area (Å²) in [5, 5.41) is 10.3. The van der Waals surface area contributed by atoms with Gasteiger partial charge in [-0.1, -0.05) is 36.4 Å². The van der Waals surface area contributed by atoms with Crippen molar-refractivity contribution < 1.29 is 9.32 Å². The van der Waals surface area contributed by atoms with E-state index < -0.39 is 10.8 Å². The Morgan fingerprint density at radius 2 is 1.71 bits per heavy atom. The molecule has 0 aliphatic carbocycles. The number of phenols is 1. The SMILES string of the molecule is Cc1ccc2c(c1C)N(CCCN(C)Cc1cccc(C)c1O)c1ccccc1S2=O. The fourth-order valence-electron chi connectivity index (χ4n) is 4.29. The maximum Gasteiger partial charge on any atom is 0.122 e. The molecule has 0 aromatic heterocycles. The lowest BCUT2D eigenvalue weighted by atomic mass is 10.1. The average Bonchev–Trinajstić information content (AvgIpc) is 2.76. The number of hydrogen-bond acceptors (Lipinski definition) is 4. The summed E-state index contributed by atoms with van der Waals surface area (Å²) < 4.78 is 13.2. The van der Waals surface area contributed by atoms with E-state index in [0.29, 0.717) is 12.3 Å². The van der Waals surface area contributed by atoms with E-state index in [-0.39, 0.29) is 0 Å². The van der Waals surface area contributed by atoms with Gasteiger partial charge in [0.2, 0.25) is 0 Å². The molecule has 1 heterocycles. The maximum absolute atomic E-state index is 13.2. The molecule has 0 bridgehead atoms. The van der Waals surface area contributed by atoms with Gasteiger partial charge in [-0.3, -0.25) is 0 Å². The molecule has 4 nitrogen and oxygen atoms in total. The quantitative estimate of drug-likeness (QED) is 0.560. The monoisotopic (exact) mass is 434 g/mol. The van der Waals surface area contributed by atoms with Crippen molar-refractivity contribution in [3.63, 3.8) is 0 Å². The Hall–Kier alpha value is -2.63. The van der Waals surface area contributed by atoms with E-state index in [1.165, 1.54) is 11.1 Å². The van der Waals surface area contributed by atoms with Crippen LogP contribution in [0.25, 0.3) is 0 Å². The lowest BCUT2D eigenvalue weighted by molar-refractivity contribution is 0.317. The molecule has 4 rings (SSSR count). The molecule has 1 unspecified atom stereocenters. The minimum absolute atomic E-state index is 0.391. The van der Waals surface area contributed by atoms with Crippen LogP contribution in [-0.2, 0) is 17.3 Å². The Balaban J connectivity index is 1.54. The molecule has 5 heteroatoms. The zero-order chi connectivity index (χ0) is 22.1. The Bertz CT molecular complexity index is 1140. The predicted molar refractivity (Wildman–Crippen MR) is 128 cm³/mol. The van der Waals surface area contributed by atoms with Crippen molar-refractivity contribution in [3.8, 4) is 5.75 Å². The van der Waals surface area contributed by atoms with E-state index in [9.17, 15) is 9.32 Å². The second-order valence-corrected chi connectivity index (χ2v) is 9.83. The first-order valence-electron chi connectivity index (χ1n) is 10.7. The lowest BCUT2D eigenvalue weighted by Crippen LogP contribution is -2.29. The zero-order valence-corrected chi connectivity index (χ0v) is 19.5. The smallest absolute Gasteiger partial charge is 0.122 e. The van der Waals surface area contributed by atoms with Gasteiger partial charge in [0.1, 0.15) is 5.75 Å². The van der Waals surface area contributed by atoms with Gasteiger partial charge in [-0.15, -0.1) is 0 Å². The molecule has 0 spiro atoms. The first-order chi connectivity index (χ1) is 14.9. The summed E-state index contributed by atoms with van der Waals surface area (Å²) >= 11 is 0. The third kappa shape index (κ3) is 4.12. The van der Waals surface area contributed by atoms with Crippen LogP contribution in [0.3, 0.4) is 0 Å². The molecule has 3 aromatic rings. The summed E-state index contributed by atoms with van der Waals surface area (Å²) in [5.74, 6) is 0.391. The van der Waals surface area contributed by atoms with Crippen molar-refractivity contribution in [1.29, 1.82) is 0 Å². The van der Waals surface area contributed by atoms with Gasteiger partial charge in [0.05, 0.1) is 32.0 Å². The van der Waals surface area contributed by atoms with Crippen LogP contribution in [-0.4, -0.2) is 34.4 Å². The molecule has 1 aliphatic rings. The summed E-state index contributed by atoms with van der Waals surface area (Å²) in [5.41, 5.74) is 6.41. The topological polar surface area (TPSA) is 43.8 Å². The molecule has 0 fully saturated rings. The summed E-state index contributed by atoms with van der Waals surface area (Å²) in [6.07, 6.45) is 0.955. The van der Waals surface area contributed by atoms with Crippen molar-refractivity contribution in [1.82, 2.24) is 4.90 Å². The number of anilines is 2. The first kappa shape index (κ1) is 21.6. The number of aryl methyl sites for hydroxylation is 2. The minimum Gasteiger partial charge on any atom is -0.507 e. The molecule has 162 valence electrons. The molecule has 0 amide bonds. The maximum atomic E-state index is 13.2. The minimum atomic E-state index is -1.15. The van der Waals surface area contributed by atoms with Crippen LogP contribution in [0.4, 0.5) is 11.4 Å². The highest BCUT2D eigenvalue weighted by atomic mass is 32.2. The van der Waals surface area contributed by atoms with E-state index >= 15 is 0 Å². The van der Waals surface area contributed by atoms with Gasteiger partial charge in [-0.2, -0.15) is 0 Å². The van der Waals surface area contributed by atoms with Crippen LogP contribution >= 0.6 is 0 Å². The van der Waals surface area contributed by atoms with Gasteiger partial charge in [-0.05, 0) is 75.7 Å². The van der Waals surface area contributed by atoms with Gasteiger partial charge < -0.3 is 14.9 Å². The van der Waals surface area contributed by atoms with Gasteiger partial charge in [-0.25, -0.2) is 4.21 Å². The van der Waals surface area contributed by atoms with E-state index in [4.69, 9.17) is 0 Å². The average molecular weight is 435 g/mol. The Morgan fingerprint density at radius 3 is 2.52 bits per heavy atom. The molecule has 1 atom stereocenters. The van der Waals surface area contributed by atoms with Crippen molar-refractivity contribution in [2.24, 2.45) is 0 Å². The Kier molecular flexibility index (Phi) is 6.17. The largest absolute Gasteiger partial charge is 0.507 e. The highest BCUT2D eigenvalue weighted by molar-refractivity contribution is 7.85. The van der Waals surface area contributed by atoms with Gasteiger partial charge >= 0.3 is 0 Å². The van der Waals surface area contributed by atoms with Crippen molar-refractivity contribution in [2.45, 2.75) is 43.5 Å². The highest BCUT2D eigenvalue weighted by Crippen LogP contribution is 2.44. The number of nitrogens with zero attached hydrogens (tertiary/aromatic N) is 2. The van der Waals surface area contributed by atoms with Gasteiger partial charge in [0.25, 0.3) is 0 Å². The number of phenolic OH excluding ortho intramolecular Hbond substituents is 1. The predicted octanol–water partition coefficient (Wildman–Crippen LogP) is 5.46. The molecular formula is C26H30N2O2S. The molecule has 0 saturated carbocycles. The van der Waals surface area contributed by atoms with E-state index in [2.05, 4.69) is 42.8 Å². The Morgan fingerprint density at radius 1 is 0.935 bits per heavy atom. The lowest BCUT2D eigenvalue weighted by Gasteiger charge is -2.35. The van der Waals surface area contributed by atoms with Crippen molar-refractivity contribution >= 4 is 22.2 Å².